The van der Waals surface area contributed by atoms with Crippen LogP contribution in [0.15, 0.2) is 36.5 Å². The average molecular weight is 495 g/mol. The van der Waals surface area contributed by atoms with Crippen LogP contribution in [-0.2, 0) is 0 Å². The van der Waals surface area contributed by atoms with Gasteiger partial charge in [0.25, 0.3) is 0 Å². The maximum Gasteiger partial charge on any atom is 0.233 e. The molecule has 3 aromatic rings. The van der Waals surface area contributed by atoms with Crippen molar-refractivity contribution in [1.82, 2.24) is 19.9 Å². The molecule has 1 aliphatic heterocycles. The second-order valence-corrected chi connectivity index (χ2v) is 8.13. The zero-order valence-corrected chi connectivity index (χ0v) is 21.6. The van der Waals surface area contributed by atoms with Crippen molar-refractivity contribution in [3.8, 4) is 17.2 Å². The van der Waals surface area contributed by atoms with Crippen molar-refractivity contribution in [2.24, 2.45) is 0 Å². The Balaban J connectivity index is 1.62. The molecule has 11 nitrogen and oxygen atoms in total. The lowest BCUT2D eigenvalue weighted by molar-refractivity contribution is 0.324. The zero-order chi connectivity index (χ0) is 25.5. The maximum atomic E-state index is 5.49. The minimum absolute atomic E-state index is 0.448. The van der Waals surface area contributed by atoms with E-state index in [1.165, 1.54) is 0 Å². The van der Waals surface area contributed by atoms with E-state index < -0.39 is 0 Å². The van der Waals surface area contributed by atoms with E-state index in [0.29, 0.717) is 40.8 Å². The van der Waals surface area contributed by atoms with E-state index in [-0.39, 0.29) is 0 Å². The quantitative estimate of drug-likeness (QED) is 0.450. The summed E-state index contributed by atoms with van der Waals surface area (Å²) in [6.07, 6.45) is 1.82. The summed E-state index contributed by atoms with van der Waals surface area (Å²) in [5.41, 5.74) is 0.715. The molecule has 1 aromatic carbocycles. The van der Waals surface area contributed by atoms with Gasteiger partial charge in [-0.1, -0.05) is 6.07 Å². The van der Waals surface area contributed by atoms with Crippen molar-refractivity contribution in [3.63, 3.8) is 0 Å². The molecule has 0 amide bonds. The topological polar surface area (TPSA) is 101 Å². The Kier molecular flexibility index (Phi) is 8.09. The number of ether oxygens (including phenoxy) is 3. The van der Waals surface area contributed by atoms with Gasteiger partial charge in [-0.05, 0) is 26.0 Å². The highest BCUT2D eigenvalue weighted by Crippen LogP contribution is 2.40. The van der Waals surface area contributed by atoms with Gasteiger partial charge < -0.3 is 34.2 Å². The third-order valence-electron chi connectivity index (χ3n) is 6.11. The molecule has 36 heavy (non-hydrogen) atoms. The fourth-order valence-electron chi connectivity index (χ4n) is 4.16. The highest BCUT2D eigenvalue weighted by atomic mass is 16.5. The van der Waals surface area contributed by atoms with Crippen LogP contribution in [0.2, 0.25) is 0 Å². The molecular weight excluding hydrogens is 460 g/mol. The number of benzene rings is 1. The number of hydrogen-bond donors (Lipinski definition) is 1. The van der Waals surface area contributed by atoms with Crippen molar-refractivity contribution < 1.29 is 14.2 Å². The zero-order valence-electron chi connectivity index (χ0n) is 21.6. The standard InChI is InChI=1S/C25H34N8O3/c1-6-31(7-2)24-28-23(27-18-16-19(34-3)22(36-5)20(17-18)35-4)29-25(30-24)33-14-12-32(13-15-33)21-10-8-9-11-26-21/h8-11,16-17H,6-7,12-15H2,1-5H3,(H,27,28,29,30). The molecule has 0 spiro atoms. The molecule has 3 heterocycles. The summed E-state index contributed by atoms with van der Waals surface area (Å²) >= 11 is 0. The van der Waals surface area contributed by atoms with Gasteiger partial charge in [0, 0.05) is 63.3 Å². The molecule has 192 valence electrons. The number of aromatic nitrogens is 4. The largest absolute Gasteiger partial charge is 0.493 e. The van der Waals surface area contributed by atoms with E-state index >= 15 is 0 Å². The first-order valence-corrected chi connectivity index (χ1v) is 12.1. The van der Waals surface area contributed by atoms with Gasteiger partial charge in [0.1, 0.15) is 5.82 Å². The Morgan fingerprint density at radius 1 is 0.861 bits per heavy atom. The highest BCUT2D eigenvalue weighted by Gasteiger charge is 2.23. The lowest BCUT2D eigenvalue weighted by atomic mass is 10.2. The van der Waals surface area contributed by atoms with Crippen molar-refractivity contribution in [1.29, 1.82) is 0 Å². The monoisotopic (exact) mass is 494 g/mol. The number of methoxy groups -OCH3 is 3. The van der Waals surface area contributed by atoms with Gasteiger partial charge in [0.15, 0.2) is 11.5 Å². The number of hydrogen-bond acceptors (Lipinski definition) is 11. The van der Waals surface area contributed by atoms with Crippen molar-refractivity contribution in [2.75, 3.05) is 80.6 Å². The molecule has 1 N–H and O–H groups in total. The summed E-state index contributed by atoms with van der Waals surface area (Å²) < 4.78 is 16.4. The summed E-state index contributed by atoms with van der Waals surface area (Å²) in [4.78, 5) is 25.4. The molecule has 11 heteroatoms. The minimum atomic E-state index is 0.448. The van der Waals surface area contributed by atoms with E-state index in [1.807, 2.05) is 36.5 Å². The molecule has 0 radical (unpaired) electrons. The summed E-state index contributed by atoms with van der Waals surface area (Å²) in [5, 5.41) is 3.31. The molecular formula is C25H34N8O3. The molecule has 2 aromatic heterocycles. The van der Waals surface area contributed by atoms with Gasteiger partial charge in [-0.3, -0.25) is 0 Å². The first kappa shape index (κ1) is 25.1. The number of anilines is 5. The lowest BCUT2D eigenvalue weighted by Crippen LogP contribution is -2.47. The van der Waals surface area contributed by atoms with Gasteiger partial charge in [0.2, 0.25) is 23.6 Å². The number of nitrogens with one attached hydrogen (secondary N) is 1. The Morgan fingerprint density at radius 2 is 1.53 bits per heavy atom. The Labute approximate surface area is 212 Å². The van der Waals surface area contributed by atoms with Crippen LogP contribution in [0.4, 0.5) is 29.4 Å². The van der Waals surface area contributed by atoms with Gasteiger partial charge >= 0.3 is 0 Å². The molecule has 0 aliphatic carbocycles. The van der Waals surface area contributed by atoms with Gasteiger partial charge in [0.05, 0.1) is 21.3 Å². The highest BCUT2D eigenvalue weighted by molar-refractivity contribution is 5.66. The van der Waals surface area contributed by atoms with Crippen molar-refractivity contribution >= 4 is 29.4 Å². The van der Waals surface area contributed by atoms with Gasteiger partial charge in [-0.25, -0.2) is 4.98 Å². The second-order valence-electron chi connectivity index (χ2n) is 8.13. The summed E-state index contributed by atoms with van der Waals surface area (Å²) in [6.45, 7) is 8.98. The molecule has 0 unspecified atom stereocenters. The first-order chi connectivity index (χ1) is 17.6. The van der Waals surface area contributed by atoms with Crippen LogP contribution in [0.3, 0.4) is 0 Å². The first-order valence-electron chi connectivity index (χ1n) is 12.1. The predicted octanol–water partition coefficient (Wildman–Crippen LogP) is 3.21. The second kappa shape index (κ2) is 11.6. The van der Waals surface area contributed by atoms with Crippen LogP contribution < -0.4 is 34.2 Å². The summed E-state index contributed by atoms with van der Waals surface area (Å²) in [6, 6.07) is 9.64. The number of nitrogens with zero attached hydrogens (tertiary/aromatic N) is 7. The molecule has 4 rings (SSSR count). The van der Waals surface area contributed by atoms with Crippen LogP contribution in [0, 0.1) is 0 Å². The van der Waals surface area contributed by atoms with Crippen molar-refractivity contribution in [3.05, 3.63) is 36.5 Å². The third-order valence-corrected chi connectivity index (χ3v) is 6.11. The maximum absolute atomic E-state index is 5.49. The minimum Gasteiger partial charge on any atom is -0.493 e. The van der Waals surface area contributed by atoms with Crippen LogP contribution >= 0.6 is 0 Å². The molecule has 0 bridgehead atoms. The fourth-order valence-corrected chi connectivity index (χ4v) is 4.16. The SMILES string of the molecule is CCN(CC)c1nc(Nc2cc(OC)c(OC)c(OC)c2)nc(N2CCN(c3ccccn3)CC2)n1. The molecule has 0 saturated carbocycles. The van der Waals surface area contributed by atoms with E-state index in [2.05, 4.69) is 38.8 Å². The molecule has 1 fully saturated rings. The van der Waals surface area contributed by atoms with Crippen LogP contribution in [-0.4, -0.2) is 80.5 Å². The number of rotatable bonds is 10. The third kappa shape index (κ3) is 5.45. The molecule has 1 aliphatic rings. The fraction of sp³-hybridized carbons (Fsp3) is 0.440. The van der Waals surface area contributed by atoms with Gasteiger partial charge in [-0.15, -0.1) is 0 Å². The average Bonchev–Trinajstić information content (AvgIpc) is 2.93. The smallest absolute Gasteiger partial charge is 0.233 e. The van der Waals surface area contributed by atoms with E-state index in [0.717, 1.165) is 45.1 Å². The van der Waals surface area contributed by atoms with E-state index in [9.17, 15) is 0 Å². The number of piperazine rings is 1. The Hall–Kier alpha value is -4.02. The van der Waals surface area contributed by atoms with Crippen molar-refractivity contribution in [2.45, 2.75) is 13.8 Å². The van der Waals surface area contributed by atoms with Crippen LogP contribution in [0.25, 0.3) is 0 Å². The summed E-state index contributed by atoms with van der Waals surface area (Å²) in [5.74, 6) is 4.32. The molecule has 0 atom stereocenters. The molecule has 1 saturated heterocycles. The summed E-state index contributed by atoms with van der Waals surface area (Å²) in [7, 11) is 4.76. The predicted molar refractivity (Wildman–Crippen MR) is 141 cm³/mol. The normalized spacial score (nSPS) is 13.4. The van der Waals surface area contributed by atoms with Crippen LogP contribution in [0.5, 0.6) is 17.2 Å². The van der Waals surface area contributed by atoms with E-state index in [1.54, 1.807) is 21.3 Å². The van der Waals surface area contributed by atoms with E-state index in [4.69, 9.17) is 29.2 Å². The Bertz CT molecular complexity index is 1110. The lowest BCUT2D eigenvalue weighted by Gasteiger charge is -2.35. The van der Waals surface area contributed by atoms with Crippen LogP contribution in [0.1, 0.15) is 13.8 Å². The Morgan fingerprint density at radius 3 is 2.08 bits per heavy atom. The number of pyridine rings is 1. The van der Waals surface area contributed by atoms with Gasteiger partial charge in [-0.2, -0.15) is 15.0 Å².